The fraction of sp³-hybridized carbons (Fsp3) is 0.538. The molecule has 2 aliphatic rings. The van der Waals surface area contributed by atoms with Gasteiger partial charge in [-0.1, -0.05) is 34.1 Å². The van der Waals surface area contributed by atoms with E-state index in [0.717, 1.165) is 32.8 Å². The highest BCUT2D eigenvalue weighted by Crippen LogP contribution is 2.37. The molecule has 2 atom stereocenters. The highest BCUT2D eigenvalue weighted by atomic mass is 79.9. The molecule has 1 aromatic carbocycles. The van der Waals surface area contributed by atoms with Crippen LogP contribution < -0.4 is 0 Å². The third-order valence-corrected chi connectivity index (χ3v) is 4.72. The van der Waals surface area contributed by atoms with Gasteiger partial charge in [0.25, 0.3) is 0 Å². The molecule has 0 aromatic heterocycles. The molecule has 2 unspecified atom stereocenters. The summed E-state index contributed by atoms with van der Waals surface area (Å²) in [5.41, 5.74) is 4.05. The summed E-state index contributed by atoms with van der Waals surface area (Å²) in [5, 5.41) is 0. The second kappa shape index (κ2) is 4.47. The van der Waals surface area contributed by atoms with Gasteiger partial charge >= 0.3 is 0 Å². The summed E-state index contributed by atoms with van der Waals surface area (Å²) in [7, 11) is 0. The third kappa shape index (κ3) is 1.92. The van der Waals surface area contributed by atoms with Crippen molar-refractivity contribution in [1.29, 1.82) is 0 Å². The molecule has 0 saturated carbocycles. The van der Waals surface area contributed by atoms with Crippen LogP contribution in [0.3, 0.4) is 0 Å². The number of hydrogen-bond donors (Lipinski definition) is 0. The van der Waals surface area contributed by atoms with E-state index in [9.17, 15) is 0 Å². The predicted octanol–water partition coefficient (Wildman–Crippen LogP) is 3.19. The minimum Gasteiger partial charge on any atom is -0.381 e. The first-order chi connectivity index (χ1) is 7.84. The normalized spacial score (nSPS) is 25.7. The van der Waals surface area contributed by atoms with Crippen LogP contribution >= 0.6 is 15.9 Å². The number of benzene rings is 1. The third-order valence-electron chi connectivity index (χ3n) is 3.44. The Morgan fingerprint density at radius 3 is 2.88 bits per heavy atom. The Morgan fingerprint density at radius 1 is 1.19 bits per heavy atom. The van der Waals surface area contributed by atoms with Crippen LogP contribution in [0.15, 0.2) is 18.2 Å². The van der Waals surface area contributed by atoms with Gasteiger partial charge in [0.2, 0.25) is 0 Å². The number of halogens is 1. The predicted molar refractivity (Wildman–Crippen MR) is 65.5 cm³/mol. The Balaban J connectivity index is 1.83. The van der Waals surface area contributed by atoms with Crippen molar-refractivity contribution in [3.8, 4) is 0 Å². The summed E-state index contributed by atoms with van der Waals surface area (Å²) in [6, 6.07) is 6.69. The molecule has 1 saturated heterocycles. The van der Waals surface area contributed by atoms with Crippen molar-refractivity contribution < 1.29 is 9.47 Å². The summed E-state index contributed by atoms with van der Waals surface area (Å²) in [5.74, 6) is 0.611. The first-order valence-corrected chi connectivity index (χ1v) is 6.67. The topological polar surface area (TPSA) is 18.5 Å². The number of ether oxygens (including phenoxy) is 2. The van der Waals surface area contributed by atoms with Crippen molar-refractivity contribution in [3.63, 3.8) is 0 Å². The summed E-state index contributed by atoms with van der Waals surface area (Å²) in [4.78, 5) is 0.417. The van der Waals surface area contributed by atoms with Crippen LogP contribution in [0.25, 0.3) is 0 Å². The van der Waals surface area contributed by atoms with Crippen LogP contribution in [0, 0.1) is 5.92 Å². The van der Waals surface area contributed by atoms with Crippen molar-refractivity contribution in [3.05, 3.63) is 34.9 Å². The van der Waals surface area contributed by atoms with Gasteiger partial charge in [-0.3, -0.25) is 0 Å². The molecule has 0 spiro atoms. The average Bonchev–Trinajstić information content (AvgIpc) is 2.98. The lowest BCUT2D eigenvalue weighted by atomic mass is 9.96. The van der Waals surface area contributed by atoms with Crippen molar-refractivity contribution in [2.75, 3.05) is 13.2 Å². The SMILES string of the molecule is BrC(c1ccc2c(c1)COC2)C1CCOC1. The van der Waals surface area contributed by atoms with Gasteiger partial charge in [-0.25, -0.2) is 0 Å². The molecule has 3 heteroatoms. The van der Waals surface area contributed by atoms with Gasteiger partial charge in [-0.05, 0) is 23.1 Å². The largest absolute Gasteiger partial charge is 0.381 e. The van der Waals surface area contributed by atoms with Gasteiger partial charge in [0.1, 0.15) is 0 Å². The van der Waals surface area contributed by atoms with Crippen molar-refractivity contribution >= 4 is 15.9 Å². The number of hydrogen-bond acceptors (Lipinski definition) is 2. The molecule has 0 N–H and O–H groups in total. The Labute approximate surface area is 104 Å². The summed E-state index contributed by atoms with van der Waals surface area (Å²) >= 11 is 3.80. The van der Waals surface area contributed by atoms with Crippen LogP contribution in [0.5, 0.6) is 0 Å². The molecule has 0 radical (unpaired) electrons. The highest BCUT2D eigenvalue weighted by molar-refractivity contribution is 9.09. The number of rotatable bonds is 2. The number of alkyl halides is 1. The maximum Gasteiger partial charge on any atom is 0.0725 e. The van der Waals surface area contributed by atoms with E-state index >= 15 is 0 Å². The molecule has 86 valence electrons. The molecule has 0 amide bonds. The van der Waals surface area contributed by atoms with Crippen LogP contribution in [-0.4, -0.2) is 13.2 Å². The molecule has 16 heavy (non-hydrogen) atoms. The monoisotopic (exact) mass is 282 g/mol. The lowest BCUT2D eigenvalue weighted by Crippen LogP contribution is -2.07. The van der Waals surface area contributed by atoms with Crippen LogP contribution in [0.4, 0.5) is 0 Å². The second-order valence-corrected chi connectivity index (χ2v) is 5.53. The van der Waals surface area contributed by atoms with E-state index in [1.54, 1.807) is 0 Å². The van der Waals surface area contributed by atoms with E-state index in [1.165, 1.54) is 16.7 Å². The Kier molecular flexibility index (Phi) is 3.01. The molecule has 3 rings (SSSR count). The van der Waals surface area contributed by atoms with Gasteiger partial charge in [0.05, 0.1) is 19.8 Å². The zero-order valence-electron chi connectivity index (χ0n) is 9.12. The van der Waals surface area contributed by atoms with Crippen LogP contribution in [-0.2, 0) is 22.7 Å². The van der Waals surface area contributed by atoms with Crippen molar-refractivity contribution in [2.24, 2.45) is 5.92 Å². The lowest BCUT2D eigenvalue weighted by Gasteiger charge is -2.16. The molecule has 2 nitrogen and oxygen atoms in total. The van der Waals surface area contributed by atoms with E-state index in [4.69, 9.17) is 9.47 Å². The molecule has 0 bridgehead atoms. The van der Waals surface area contributed by atoms with E-state index in [-0.39, 0.29) is 0 Å². The minimum absolute atomic E-state index is 0.417. The molecule has 0 aliphatic carbocycles. The van der Waals surface area contributed by atoms with E-state index in [1.807, 2.05) is 0 Å². The Hall–Kier alpha value is -0.380. The van der Waals surface area contributed by atoms with E-state index in [2.05, 4.69) is 34.1 Å². The fourth-order valence-corrected chi connectivity index (χ4v) is 3.12. The quantitative estimate of drug-likeness (QED) is 0.776. The fourth-order valence-electron chi connectivity index (χ4n) is 2.42. The lowest BCUT2D eigenvalue weighted by molar-refractivity contribution is 0.134. The molecule has 2 heterocycles. The maximum absolute atomic E-state index is 5.44. The van der Waals surface area contributed by atoms with E-state index in [0.29, 0.717) is 10.7 Å². The molecule has 2 aliphatic heterocycles. The average molecular weight is 283 g/mol. The first-order valence-electron chi connectivity index (χ1n) is 5.76. The highest BCUT2D eigenvalue weighted by Gasteiger charge is 2.25. The van der Waals surface area contributed by atoms with E-state index < -0.39 is 0 Å². The number of fused-ring (bicyclic) bond motifs is 1. The van der Waals surface area contributed by atoms with Gasteiger partial charge in [-0.15, -0.1) is 0 Å². The first kappa shape index (κ1) is 10.8. The Morgan fingerprint density at radius 2 is 2.06 bits per heavy atom. The van der Waals surface area contributed by atoms with Crippen LogP contribution in [0.1, 0.15) is 27.9 Å². The summed E-state index contributed by atoms with van der Waals surface area (Å²) in [6.45, 7) is 3.32. The minimum atomic E-state index is 0.417. The summed E-state index contributed by atoms with van der Waals surface area (Å²) < 4.78 is 10.9. The van der Waals surface area contributed by atoms with Crippen molar-refractivity contribution in [1.82, 2.24) is 0 Å². The molecule has 1 fully saturated rings. The summed E-state index contributed by atoms with van der Waals surface area (Å²) in [6.07, 6.45) is 1.16. The smallest absolute Gasteiger partial charge is 0.0725 e. The standard InChI is InChI=1S/C13H15BrO2/c14-13(11-3-4-15-7-11)9-1-2-10-6-16-8-12(10)5-9/h1-2,5,11,13H,3-4,6-8H2. The van der Waals surface area contributed by atoms with Gasteiger partial charge in [-0.2, -0.15) is 0 Å². The van der Waals surface area contributed by atoms with Crippen LogP contribution in [0.2, 0.25) is 0 Å². The zero-order valence-corrected chi connectivity index (χ0v) is 10.7. The Bertz CT molecular complexity index is 386. The maximum atomic E-state index is 5.44. The second-order valence-electron chi connectivity index (χ2n) is 4.55. The van der Waals surface area contributed by atoms with Gasteiger partial charge < -0.3 is 9.47 Å². The molecular weight excluding hydrogens is 268 g/mol. The molecule has 1 aromatic rings. The zero-order chi connectivity index (χ0) is 11.0. The molecular formula is C13H15BrO2. The van der Waals surface area contributed by atoms with Gasteiger partial charge in [0, 0.05) is 17.4 Å². The van der Waals surface area contributed by atoms with Gasteiger partial charge in [0.15, 0.2) is 0 Å². The van der Waals surface area contributed by atoms with Crippen molar-refractivity contribution in [2.45, 2.75) is 24.5 Å².